The number of thiazole rings is 1. The SMILES string of the molecule is O=C(c1nccs1)[C@H](CC(=O)N1CCN(CC(F)(F)F)CC1)Cc1ccccc1. The Bertz CT molecular complexity index is 804. The number of aromatic nitrogens is 1. The summed E-state index contributed by atoms with van der Waals surface area (Å²) in [5.41, 5.74) is 0.949. The van der Waals surface area contributed by atoms with Crippen molar-refractivity contribution in [2.45, 2.75) is 19.0 Å². The minimum absolute atomic E-state index is 0.0204. The molecule has 0 saturated carbocycles. The fourth-order valence-electron chi connectivity index (χ4n) is 3.42. The third-order valence-electron chi connectivity index (χ3n) is 4.89. The summed E-state index contributed by atoms with van der Waals surface area (Å²) in [5.74, 6) is -0.931. The van der Waals surface area contributed by atoms with Crippen LogP contribution in [-0.4, -0.2) is 65.4 Å². The van der Waals surface area contributed by atoms with Crippen LogP contribution in [0.2, 0.25) is 0 Å². The molecule has 1 saturated heterocycles. The second kappa shape index (κ2) is 9.49. The highest BCUT2D eigenvalue weighted by Crippen LogP contribution is 2.22. The monoisotopic (exact) mass is 425 g/mol. The Morgan fingerprint density at radius 3 is 2.38 bits per heavy atom. The minimum atomic E-state index is -4.24. The van der Waals surface area contributed by atoms with E-state index in [9.17, 15) is 22.8 Å². The molecule has 0 bridgehead atoms. The van der Waals surface area contributed by atoms with Gasteiger partial charge in [0.05, 0.1) is 6.54 Å². The van der Waals surface area contributed by atoms with Gasteiger partial charge in [-0.15, -0.1) is 11.3 Å². The lowest BCUT2D eigenvalue weighted by Crippen LogP contribution is -2.51. The number of Topliss-reactive ketones (excluding diaryl/α,β-unsaturated/α-hetero) is 1. The van der Waals surface area contributed by atoms with Crippen molar-refractivity contribution in [1.82, 2.24) is 14.8 Å². The van der Waals surface area contributed by atoms with Gasteiger partial charge in [0.2, 0.25) is 5.91 Å². The quantitative estimate of drug-likeness (QED) is 0.639. The third-order valence-corrected chi connectivity index (χ3v) is 5.68. The van der Waals surface area contributed by atoms with Crippen LogP contribution in [0.4, 0.5) is 13.2 Å². The predicted molar refractivity (Wildman–Crippen MR) is 104 cm³/mol. The standard InChI is InChI=1S/C20H22F3N3O2S/c21-20(22,23)14-25-7-9-26(10-8-25)17(27)13-16(12-15-4-2-1-3-5-15)18(28)19-24-6-11-29-19/h1-6,11,16H,7-10,12-14H2/t16-/m0/s1. The average molecular weight is 425 g/mol. The number of rotatable bonds is 7. The molecule has 1 fully saturated rings. The molecular formula is C20H22F3N3O2S. The van der Waals surface area contributed by atoms with Crippen molar-refractivity contribution in [2.24, 2.45) is 5.92 Å². The van der Waals surface area contributed by atoms with Crippen molar-refractivity contribution in [3.63, 3.8) is 0 Å². The number of amides is 1. The molecule has 1 amide bonds. The zero-order valence-electron chi connectivity index (χ0n) is 15.8. The van der Waals surface area contributed by atoms with E-state index < -0.39 is 18.6 Å². The summed E-state index contributed by atoms with van der Waals surface area (Å²) in [5, 5.41) is 2.09. The molecule has 1 atom stereocenters. The van der Waals surface area contributed by atoms with Crippen molar-refractivity contribution in [1.29, 1.82) is 0 Å². The molecule has 2 aromatic rings. The number of carbonyl (C=O) groups is 2. The number of carbonyl (C=O) groups excluding carboxylic acids is 2. The van der Waals surface area contributed by atoms with Gasteiger partial charge in [0.25, 0.3) is 0 Å². The van der Waals surface area contributed by atoms with E-state index in [1.54, 1.807) is 16.5 Å². The lowest BCUT2D eigenvalue weighted by Gasteiger charge is -2.35. The number of hydrogen-bond acceptors (Lipinski definition) is 5. The zero-order chi connectivity index (χ0) is 20.9. The molecule has 1 aromatic heterocycles. The van der Waals surface area contributed by atoms with Crippen LogP contribution in [0.3, 0.4) is 0 Å². The van der Waals surface area contributed by atoms with Crippen LogP contribution < -0.4 is 0 Å². The minimum Gasteiger partial charge on any atom is -0.340 e. The van der Waals surface area contributed by atoms with E-state index in [4.69, 9.17) is 0 Å². The van der Waals surface area contributed by atoms with Gasteiger partial charge in [-0.2, -0.15) is 13.2 Å². The van der Waals surface area contributed by atoms with Crippen molar-refractivity contribution in [2.75, 3.05) is 32.7 Å². The molecule has 0 spiro atoms. The van der Waals surface area contributed by atoms with Crippen LogP contribution in [0.15, 0.2) is 41.9 Å². The molecule has 5 nitrogen and oxygen atoms in total. The summed E-state index contributed by atoms with van der Waals surface area (Å²) in [6, 6.07) is 9.45. The second-order valence-corrected chi connectivity index (χ2v) is 7.96. The molecule has 1 aliphatic heterocycles. The molecule has 0 aliphatic carbocycles. The van der Waals surface area contributed by atoms with E-state index in [2.05, 4.69) is 4.98 Å². The predicted octanol–water partition coefficient (Wildman–Crippen LogP) is 3.28. The van der Waals surface area contributed by atoms with E-state index in [1.807, 2.05) is 30.3 Å². The fourth-order valence-corrected chi connectivity index (χ4v) is 4.08. The second-order valence-electron chi connectivity index (χ2n) is 7.06. The third kappa shape index (κ3) is 6.37. The van der Waals surface area contributed by atoms with Crippen LogP contribution in [0, 0.1) is 5.92 Å². The Kier molecular flexibility index (Phi) is 7.02. The summed E-state index contributed by atoms with van der Waals surface area (Å²) in [6.07, 6.45) is -2.25. The molecule has 0 radical (unpaired) electrons. The normalized spacial score (nSPS) is 16.6. The Balaban J connectivity index is 1.63. The van der Waals surface area contributed by atoms with Crippen LogP contribution in [-0.2, 0) is 11.2 Å². The van der Waals surface area contributed by atoms with Gasteiger partial charge < -0.3 is 4.90 Å². The Morgan fingerprint density at radius 1 is 1.10 bits per heavy atom. The molecule has 0 N–H and O–H groups in total. The lowest BCUT2D eigenvalue weighted by molar-refractivity contribution is -0.151. The van der Waals surface area contributed by atoms with Crippen molar-refractivity contribution < 1.29 is 22.8 Å². The Morgan fingerprint density at radius 2 is 1.79 bits per heavy atom. The van der Waals surface area contributed by atoms with E-state index in [0.717, 1.165) is 5.56 Å². The van der Waals surface area contributed by atoms with Crippen molar-refractivity contribution >= 4 is 23.0 Å². The first-order chi connectivity index (χ1) is 13.8. The van der Waals surface area contributed by atoms with E-state index in [-0.39, 0.29) is 44.3 Å². The summed E-state index contributed by atoms with van der Waals surface area (Å²) in [6.45, 7) is -0.144. The summed E-state index contributed by atoms with van der Waals surface area (Å²) in [7, 11) is 0. The van der Waals surface area contributed by atoms with Crippen molar-refractivity contribution in [3.8, 4) is 0 Å². The molecule has 9 heteroatoms. The molecule has 0 unspecified atom stereocenters. The van der Waals surface area contributed by atoms with Gasteiger partial charge in [0.15, 0.2) is 10.8 Å². The molecular weight excluding hydrogens is 403 g/mol. The number of hydrogen-bond donors (Lipinski definition) is 0. The van der Waals surface area contributed by atoms with Crippen molar-refractivity contribution in [3.05, 3.63) is 52.5 Å². The summed E-state index contributed by atoms with van der Waals surface area (Å²) >= 11 is 1.24. The average Bonchev–Trinajstić information content (AvgIpc) is 3.22. The number of alkyl halides is 3. The number of benzene rings is 1. The van der Waals surface area contributed by atoms with Gasteiger partial charge in [0.1, 0.15) is 0 Å². The molecule has 156 valence electrons. The van der Waals surface area contributed by atoms with Crippen LogP contribution in [0.1, 0.15) is 21.8 Å². The fraction of sp³-hybridized carbons (Fsp3) is 0.450. The summed E-state index contributed by atoms with van der Waals surface area (Å²) < 4.78 is 37.6. The molecule has 3 rings (SSSR count). The first kappa shape index (κ1) is 21.4. The van der Waals surface area contributed by atoms with E-state index in [1.165, 1.54) is 16.2 Å². The Hall–Kier alpha value is -2.26. The highest BCUT2D eigenvalue weighted by atomic mass is 32.1. The van der Waals surface area contributed by atoms with Crippen LogP contribution in [0.25, 0.3) is 0 Å². The Labute approximate surface area is 171 Å². The number of ketones is 1. The van der Waals surface area contributed by atoms with E-state index in [0.29, 0.717) is 11.4 Å². The molecule has 1 aromatic carbocycles. The first-order valence-corrected chi connectivity index (χ1v) is 10.2. The lowest BCUT2D eigenvalue weighted by atomic mass is 9.91. The maximum atomic E-state index is 12.9. The topological polar surface area (TPSA) is 53.5 Å². The van der Waals surface area contributed by atoms with Crippen LogP contribution in [0.5, 0.6) is 0 Å². The number of nitrogens with zero attached hydrogens (tertiary/aromatic N) is 3. The molecule has 1 aliphatic rings. The molecule has 2 heterocycles. The molecule has 29 heavy (non-hydrogen) atoms. The highest BCUT2D eigenvalue weighted by molar-refractivity contribution is 7.11. The summed E-state index contributed by atoms with van der Waals surface area (Å²) in [4.78, 5) is 32.6. The van der Waals surface area contributed by atoms with Gasteiger partial charge in [-0.25, -0.2) is 4.98 Å². The van der Waals surface area contributed by atoms with Gasteiger partial charge in [-0.1, -0.05) is 30.3 Å². The largest absolute Gasteiger partial charge is 0.401 e. The number of halogens is 3. The van der Waals surface area contributed by atoms with Gasteiger partial charge in [-0.05, 0) is 12.0 Å². The van der Waals surface area contributed by atoms with Crippen LogP contribution >= 0.6 is 11.3 Å². The van der Waals surface area contributed by atoms with E-state index >= 15 is 0 Å². The number of piperazine rings is 1. The first-order valence-electron chi connectivity index (χ1n) is 9.36. The maximum absolute atomic E-state index is 12.9. The maximum Gasteiger partial charge on any atom is 0.401 e. The smallest absolute Gasteiger partial charge is 0.340 e. The van der Waals surface area contributed by atoms with Gasteiger partial charge >= 0.3 is 6.18 Å². The van der Waals surface area contributed by atoms with Gasteiger partial charge in [-0.3, -0.25) is 14.5 Å². The van der Waals surface area contributed by atoms with Gasteiger partial charge in [0, 0.05) is 50.1 Å². The zero-order valence-corrected chi connectivity index (χ0v) is 16.6. The highest BCUT2D eigenvalue weighted by Gasteiger charge is 2.34.